The average Bonchev–Trinajstić information content (AvgIpc) is 2.67. The van der Waals surface area contributed by atoms with Crippen LogP contribution in [0.1, 0.15) is 15.9 Å². The van der Waals surface area contributed by atoms with E-state index in [0.717, 1.165) is 26.9 Å². The topological polar surface area (TPSA) is 50.7 Å². The second kappa shape index (κ2) is 8.45. The van der Waals surface area contributed by atoms with Gasteiger partial charge in [0.2, 0.25) is 0 Å². The maximum Gasteiger partial charge on any atom is 0.256 e. The van der Waals surface area contributed by atoms with E-state index in [1.165, 1.54) is 7.11 Å². The van der Waals surface area contributed by atoms with Crippen LogP contribution in [-0.2, 0) is 4.84 Å². The first-order valence-corrected chi connectivity index (χ1v) is 8.80. The van der Waals surface area contributed by atoms with Crippen LogP contribution in [0.5, 0.6) is 0 Å². The summed E-state index contributed by atoms with van der Waals surface area (Å²) in [5, 5.41) is 6.76. The Balaban J connectivity index is 1.88. The first-order chi connectivity index (χ1) is 12.7. The smallest absolute Gasteiger partial charge is 0.256 e. The van der Waals surface area contributed by atoms with Gasteiger partial charge in [0.15, 0.2) is 0 Å². The highest BCUT2D eigenvalue weighted by Crippen LogP contribution is 2.29. The molecule has 26 heavy (non-hydrogen) atoms. The highest BCUT2D eigenvalue weighted by atomic mass is 79.9. The van der Waals surface area contributed by atoms with E-state index in [9.17, 15) is 4.79 Å². The van der Waals surface area contributed by atoms with Crippen LogP contribution in [0.3, 0.4) is 0 Å². The predicted octanol–water partition coefficient (Wildman–Crippen LogP) is 5.35. The summed E-state index contributed by atoms with van der Waals surface area (Å²) in [6.45, 7) is 0. The minimum absolute atomic E-state index is 0.159. The molecule has 4 nitrogen and oxygen atoms in total. The van der Waals surface area contributed by atoms with E-state index in [-0.39, 0.29) is 5.91 Å². The Hall–Kier alpha value is -2.92. The lowest BCUT2D eigenvalue weighted by Crippen LogP contribution is -2.13. The normalized spacial score (nSPS) is 10.7. The van der Waals surface area contributed by atoms with E-state index >= 15 is 0 Å². The molecule has 3 rings (SSSR count). The van der Waals surface area contributed by atoms with Crippen molar-refractivity contribution in [2.75, 3.05) is 12.4 Å². The lowest BCUT2D eigenvalue weighted by atomic mass is 10.0. The maximum absolute atomic E-state index is 12.6. The molecule has 3 aromatic rings. The number of nitrogens with one attached hydrogen (secondary N) is 1. The first kappa shape index (κ1) is 17.9. The van der Waals surface area contributed by atoms with Crippen LogP contribution in [0.2, 0.25) is 0 Å². The van der Waals surface area contributed by atoms with Crippen molar-refractivity contribution in [3.05, 3.63) is 88.4 Å². The zero-order valence-electron chi connectivity index (χ0n) is 14.1. The van der Waals surface area contributed by atoms with Crippen molar-refractivity contribution in [1.82, 2.24) is 0 Å². The zero-order valence-corrected chi connectivity index (χ0v) is 15.7. The van der Waals surface area contributed by atoms with E-state index in [1.54, 1.807) is 12.3 Å². The van der Waals surface area contributed by atoms with Gasteiger partial charge in [0.25, 0.3) is 5.91 Å². The van der Waals surface area contributed by atoms with Gasteiger partial charge in [-0.3, -0.25) is 4.79 Å². The van der Waals surface area contributed by atoms with Crippen molar-refractivity contribution in [2.45, 2.75) is 0 Å². The number of amides is 1. The lowest BCUT2D eigenvalue weighted by Gasteiger charge is -2.12. The summed E-state index contributed by atoms with van der Waals surface area (Å²) in [7, 11) is 1.51. The van der Waals surface area contributed by atoms with Crippen LogP contribution < -0.4 is 5.32 Å². The van der Waals surface area contributed by atoms with Crippen LogP contribution in [0.25, 0.3) is 11.1 Å². The predicted molar refractivity (Wildman–Crippen MR) is 109 cm³/mol. The number of carbonyl (C=O) groups is 1. The molecular weight excluding hydrogens is 392 g/mol. The van der Waals surface area contributed by atoms with Crippen LogP contribution in [0.15, 0.2) is 82.4 Å². The Morgan fingerprint density at radius 1 is 1.00 bits per heavy atom. The number of benzene rings is 3. The largest absolute Gasteiger partial charge is 0.399 e. The van der Waals surface area contributed by atoms with Gasteiger partial charge < -0.3 is 10.2 Å². The molecule has 0 atom stereocenters. The Morgan fingerprint density at radius 2 is 1.69 bits per heavy atom. The SMILES string of the molecule is CON=Cc1ccc(-c2ccccc2NC(=O)c2ccccc2Br)cc1. The van der Waals surface area contributed by atoms with Crippen molar-refractivity contribution in [1.29, 1.82) is 0 Å². The number of oxime groups is 1. The molecule has 0 saturated carbocycles. The summed E-state index contributed by atoms with van der Waals surface area (Å²) >= 11 is 3.42. The van der Waals surface area contributed by atoms with Gasteiger partial charge in [-0.05, 0) is 45.3 Å². The van der Waals surface area contributed by atoms with Gasteiger partial charge in [-0.2, -0.15) is 0 Å². The third-order valence-corrected chi connectivity index (χ3v) is 4.51. The van der Waals surface area contributed by atoms with Crippen molar-refractivity contribution in [3.8, 4) is 11.1 Å². The Bertz CT molecular complexity index is 937. The molecule has 130 valence electrons. The third kappa shape index (κ3) is 4.18. The molecule has 0 aliphatic rings. The van der Waals surface area contributed by atoms with Crippen LogP contribution in [0, 0.1) is 0 Å². The molecular formula is C21H17BrN2O2. The Morgan fingerprint density at radius 3 is 2.42 bits per heavy atom. The molecule has 0 spiro atoms. The molecule has 1 N–H and O–H groups in total. The van der Waals surface area contributed by atoms with Gasteiger partial charge in [-0.1, -0.05) is 59.8 Å². The Labute approximate surface area is 160 Å². The highest BCUT2D eigenvalue weighted by Gasteiger charge is 2.12. The number of carbonyl (C=O) groups excluding carboxylic acids is 1. The number of para-hydroxylation sites is 1. The van der Waals surface area contributed by atoms with Gasteiger partial charge in [-0.25, -0.2) is 0 Å². The summed E-state index contributed by atoms with van der Waals surface area (Å²) in [6.07, 6.45) is 1.64. The molecule has 0 aromatic heterocycles. The van der Waals surface area contributed by atoms with Crippen LogP contribution in [-0.4, -0.2) is 19.2 Å². The molecule has 0 radical (unpaired) electrons. The molecule has 1 amide bonds. The van der Waals surface area contributed by atoms with Crippen molar-refractivity contribution >= 4 is 33.7 Å². The van der Waals surface area contributed by atoms with Crippen LogP contribution in [0.4, 0.5) is 5.69 Å². The molecule has 0 fully saturated rings. The molecule has 0 unspecified atom stereocenters. The summed E-state index contributed by atoms with van der Waals surface area (Å²) in [4.78, 5) is 17.3. The summed E-state index contributed by atoms with van der Waals surface area (Å²) in [5.41, 5.74) is 4.23. The monoisotopic (exact) mass is 408 g/mol. The molecule has 3 aromatic carbocycles. The number of halogens is 1. The number of anilines is 1. The molecule has 5 heteroatoms. The fourth-order valence-corrected chi connectivity index (χ4v) is 3.01. The first-order valence-electron chi connectivity index (χ1n) is 8.01. The summed E-state index contributed by atoms with van der Waals surface area (Å²) in [5.74, 6) is -0.159. The molecule has 0 heterocycles. The number of hydrogen-bond donors (Lipinski definition) is 1. The zero-order chi connectivity index (χ0) is 18.4. The minimum atomic E-state index is -0.159. The molecule has 0 aliphatic heterocycles. The van der Waals surface area contributed by atoms with Crippen molar-refractivity contribution < 1.29 is 9.63 Å². The number of nitrogens with zero attached hydrogens (tertiary/aromatic N) is 1. The second-order valence-electron chi connectivity index (χ2n) is 5.52. The third-order valence-electron chi connectivity index (χ3n) is 3.82. The fourth-order valence-electron chi connectivity index (χ4n) is 2.54. The van der Waals surface area contributed by atoms with Gasteiger partial charge in [0, 0.05) is 15.7 Å². The fraction of sp³-hybridized carbons (Fsp3) is 0.0476. The Kier molecular flexibility index (Phi) is 5.81. The maximum atomic E-state index is 12.6. The molecule has 0 bridgehead atoms. The van der Waals surface area contributed by atoms with Gasteiger partial charge in [-0.15, -0.1) is 0 Å². The molecule has 0 aliphatic carbocycles. The van der Waals surface area contributed by atoms with E-state index in [4.69, 9.17) is 4.84 Å². The lowest BCUT2D eigenvalue weighted by molar-refractivity contribution is 0.102. The second-order valence-corrected chi connectivity index (χ2v) is 6.37. The number of rotatable bonds is 5. The average molecular weight is 409 g/mol. The van der Waals surface area contributed by atoms with Crippen molar-refractivity contribution in [3.63, 3.8) is 0 Å². The van der Waals surface area contributed by atoms with Gasteiger partial charge >= 0.3 is 0 Å². The standard InChI is InChI=1S/C21H17BrN2O2/c1-26-23-14-15-10-12-16(13-11-15)17-6-3-5-9-20(17)24-21(25)18-7-2-4-8-19(18)22/h2-14H,1H3,(H,24,25). The minimum Gasteiger partial charge on any atom is -0.399 e. The van der Waals surface area contributed by atoms with Gasteiger partial charge in [0.05, 0.1) is 11.8 Å². The summed E-state index contributed by atoms with van der Waals surface area (Å²) in [6, 6.07) is 22.9. The van der Waals surface area contributed by atoms with Gasteiger partial charge in [0.1, 0.15) is 7.11 Å². The van der Waals surface area contributed by atoms with Crippen molar-refractivity contribution in [2.24, 2.45) is 5.16 Å². The number of hydrogen-bond acceptors (Lipinski definition) is 3. The molecule has 0 saturated heterocycles. The quantitative estimate of drug-likeness (QED) is 0.456. The van der Waals surface area contributed by atoms with E-state index in [2.05, 4.69) is 26.4 Å². The summed E-state index contributed by atoms with van der Waals surface area (Å²) < 4.78 is 0.761. The van der Waals surface area contributed by atoms with E-state index in [0.29, 0.717) is 5.56 Å². The van der Waals surface area contributed by atoms with E-state index in [1.807, 2.05) is 66.7 Å². The van der Waals surface area contributed by atoms with E-state index < -0.39 is 0 Å². The highest BCUT2D eigenvalue weighted by molar-refractivity contribution is 9.10. The van der Waals surface area contributed by atoms with Crippen LogP contribution >= 0.6 is 15.9 Å².